The quantitative estimate of drug-likeness (QED) is 0.236. The Bertz CT molecular complexity index is 374. The van der Waals surface area contributed by atoms with Crippen LogP contribution >= 0.6 is 72.3 Å². The molecule has 0 fully saturated rings. The summed E-state index contributed by atoms with van der Waals surface area (Å²) in [6.07, 6.45) is 0. The minimum atomic E-state index is 0.931. The molecule has 0 amide bonds. The van der Waals surface area contributed by atoms with E-state index in [9.17, 15) is 0 Å². The van der Waals surface area contributed by atoms with Gasteiger partial charge in [-0.15, -0.1) is 47.0 Å². The zero-order valence-corrected chi connectivity index (χ0v) is 16.5. The first kappa shape index (κ1) is 19.2. The van der Waals surface area contributed by atoms with Gasteiger partial charge in [-0.1, -0.05) is 0 Å². The van der Waals surface area contributed by atoms with Crippen molar-refractivity contribution in [2.24, 2.45) is 0 Å². The SMILES string of the molecule is COc1ccc(SCSCCS)cc1SCSCCS. The van der Waals surface area contributed by atoms with E-state index in [1.54, 1.807) is 7.11 Å². The molecule has 1 aromatic carbocycles. The van der Waals surface area contributed by atoms with Gasteiger partial charge in [0.25, 0.3) is 0 Å². The minimum absolute atomic E-state index is 0.931. The summed E-state index contributed by atoms with van der Waals surface area (Å²) >= 11 is 16.0. The first-order chi connectivity index (χ1) is 9.81. The zero-order valence-electron chi connectivity index (χ0n) is 11.4. The molecule has 1 rings (SSSR count). The summed E-state index contributed by atoms with van der Waals surface area (Å²) in [7, 11) is 1.73. The average Bonchev–Trinajstić information content (AvgIpc) is 2.48. The van der Waals surface area contributed by atoms with E-state index in [-0.39, 0.29) is 0 Å². The van der Waals surface area contributed by atoms with Gasteiger partial charge in [-0.3, -0.25) is 0 Å². The van der Waals surface area contributed by atoms with Crippen molar-refractivity contribution < 1.29 is 4.74 Å². The fraction of sp³-hybridized carbons (Fsp3) is 0.538. The monoisotopic (exact) mass is 384 g/mol. The molecule has 7 heteroatoms. The first-order valence-corrected chi connectivity index (χ1v) is 11.7. The second-order valence-corrected chi connectivity index (χ2v) is 9.50. The number of hydrogen-bond donors (Lipinski definition) is 2. The lowest BCUT2D eigenvalue weighted by Gasteiger charge is -2.10. The smallest absolute Gasteiger partial charge is 0.132 e. The molecule has 0 saturated carbocycles. The number of rotatable bonds is 11. The van der Waals surface area contributed by atoms with Gasteiger partial charge in [0, 0.05) is 26.6 Å². The lowest BCUT2D eigenvalue weighted by molar-refractivity contribution is 0.404. The number of thioether (sulfide) groups is 4. The van der Waals surface area contributed by atoms with E-state index < -0.39 is 0 Å². The summed E-state index contributed by atoms with van der Waals surface area (Å²) in [5.41, 5.74) is 0. The number of hydrogen-bond acceptors (Lipinski definition) is 7. The maximum absolute atomic E-state index is 5.43. The third-order valence-corrected chi connectivity index (χ3v) is 7.74. The van der Waals surface area contributed by atoms with Crippen molar-refractivity contribution in [1.29, 1.82) is 0 Å². The molecule has 0 aromatic heterocycles. The number of thiol groups is 2. The molecule has 0 radical (unpaired) electrons. The number of methoxy groups -OCH3 is 1. The lowest BCUT2D eigenvalue weighted by Crippen LogP contribution is -1.88. The molecule has 0 saturated heterocycles. The van der Waals surface area contributed by atoms with Gasteiger partial charge in [-0.25, -0.2) is 0 Å². The molecule has 0 N–H and O–H groups in total. The Morgan fingerprint density at radius 1 is 1.00 bits per heavy atom. The fourth-order valence-electron chi connectivity index (χ4n) is 1.32. The van der Waals surface area contributed by atoms with E-state index in [0.29, 0.717) is 0 Å². The average molecular weight is 385 g/mol. The van der Waals surface area contributed by atoms with Crippen LogP contribution in [0.15, 0.2) is 28.0 Å². The van der Waals surface area contributed by atoms with Crippen LogP contribution in [0, 0.1) is 0 Å². The van der Waals surface area contributed by atoms with Gasteiger partial charge in [-0.05, 0) is 29.7 Å². The summed E-state index contributed by atoms with van der Waals surface area (Å²) < 4.78 is 5.43. The summed E-state index contributed by atoms with van der Waals surface area (Å²) in [5, 5.41) is 2.12. The van der Waals surface area contributed by atoms with E-state index >= 15 is 0 Å². The summed E-state index contributed by atoms with van der Waals surface area (Å²) in [4.78, 5) is 2.53. The van der Waals surface area contributed by atoms with E-state index in [4.69, 9.17) is 4.74 Å². The Morgan fingerprint density at radius 3 is 2.25 bits per heavy atom. The molecule has 0 aliphatic carbocycles. The highest BCUT2D eigenvalue weighted by Crippen LogP contribution is 2.35. The third-order valence-electron chi connectivity index (χ3n) is 2.21. The predicted octanol–water partition coefficient (Wildman–Crippen LogP) is 5.12. The molecule has 0 unspecified atom stereocenters. The van der Waals surface area contributed by atoms with Gasteiger partial charge >= 0.3 is 0 Å². The van der Waals surface area contributed by atoms with Crippen LogP contribution in [-0.4, -0.2) is 40.3 Å². The predicted molar refractivity (Wildman–Crippen MR) is 107 cm³/mol. The first-order valence-electron chi connectivity index (χ1n) is 6.12. The summed E-state index contributed by atoms with van der Waals surface area (Å²) in [6.45, 7) is 0. The molecule has 0 atom stereocenters. The number of benzene rings is 1. The molecule has 0 aliphatic heterocycles. The Hall–Kier alpha value is 1.12. The minimum Gasteiger partial charge on any atom is -0.496 e. The third kappa shape index (κ3) is 7.94. The van der Waals surface area contributed by atoms with Gasteiger partial charge in [0.1, 0.15) is 5.75 Å². The zero-order chi connectivity index (χ0) is 14.6. The van der Waals surface area contributed by atoms with Crippen LogP contribution in [0.5, 0.6) is 5.75 Å². The van der Waals surface area contributed by atoms with Gasteiger partial charge < -0.3 is 4.74 Å². The molecule has 1 aromatic rings. The molecule has 0 aliphatic rings. The van der Waals surface area contributed by atoms with Crippen LogP contribution in [0.3, 0.4) is 0 Å². The van der Waals surface area contributed by atoms with Gasteiger partial charge in [0.15, 0.2) is 0 Å². The van der Waals surface area contributed by atoms with Crippen LogP contribution in [0.1, 0.15) is 0 Å². The van der Waals surface area contributed by atoms with Crippen LogP contribution in [0.25, 0.3) is 0 Å². The number of ether oxygens (including phenoxy) is 1. The highest BCUT2D eigenvalue weighted by Gasteiger charge is 2.06. The Kier molecular flexibility index (Phi) is 12.1. The van der Waals surface area contributed by atoms with Crippen LogP contribution in [0.4, 0.5) is 0 Å². The molecule has 0 bridgehead atoms. The van der Waals surface area contributed by atoms with Crippen LogP contribution < -0.4 is 4.74 Å². The van der Waals surface area contributed by atoms with E-state index in [1.165, 1.54) is 9.79 Å². The Balaban J connectivity index is 2.51. The molecule has 0 heterocycles. The molecule has 0 spiro atoms. The normalized spacial score (nSPS) is 10.8. The maximum Gasteiger partial charge on any atom is 0.132 e. The second-order valence-electron chi connectivity index (χ2n) is 3.60. The van der Waals surface area contributed by atoms with E-state index in [0.717, 1.165) is 38.9 Å². The van der Waals surface area contributed by atoms with Crippen LogP contribution in [0.2, 0.25) is 0 Å². The fourth-order valence-corrected chi connectivity index (χ4v) is 5.96. The maximum atomic E-state index is 5.43. The summed E-state index contributed by atoms with van der Waals surface area (Å²) in [6, 6.07) is 6.43. The van der Waals surface area contributed by atoms with Crippen molar-refractivity contribution >= 4 is 72.3 Å². The van der Waals surface area contributed by atoms with Crippen molar-refractivity contribution in [3.63, 3.8) is 0 Å². The second kappa shape index (κ2) is 12.6. The van der Waals surface area contributed by atoms with Gasteiger partial charge in [-0.2, -0.15) is 25.3 Å². The Morgan fingerprint density at radius 2 is 1.65 bits per heavy atom. The van der Waals surface area contributed by atoms with E-state index in [2.05, 4.69) is 43.5 Å². The highest BCUT2D eigenvalue weighted by atomic mass is 32.2. The van der Waals surface area contributed by atoms with Crippen LogP contribution in [-0.2, 0) is 0 Å². The van der Waals surface area contributed by atoms with Gasteiger partial charge in [0.05, 0.1) is 12.0 Å². The van der Waals surface area contributed by atoms with Crippen molar-refractivity contribution in [1.82, 2.24) is 0 Å². The molecular weight excluding hydrogens is 365 g/mol. The lowest BCUT2D eigenvalue weighted by atomic mass is 10.3. The van der Waals surface area contributed by atoms with Gasteiger partial charge in [0.2, 0.25) is 0 Å². The molecule has 20 heavy (non-hydrogen) atoms. The van der Waals surface area contributed by atoms with Crippen molar-refractivity contribution in [3.8, 4) is 5.75 Å². The van der Waals surface area contributed by atoms with E-state index in [1.807, 2.05) is 47.0 Å². The Labute approximate surface area is 150 Å². The van der Waals surface area contributed by atoms with Crippen molar-refractivity contribution in [2.75, 3.05) is 40.3 Å². The molecule has 1 nitrogen and oxygen atoms in total. The largest absolute Gasteiger partial charge is 0.496 e. The van der Waals surface area contributed by atoms with Crippen molar-refractivity contribution in [2.45, 2.75) is 9.79 Å². The molecular formula is C13H20OS6. The standard InChI is InChI=1S/C13H20OS6/c1-14-12-3-2-11(19-9-17-6-4-15)8-13(12)20-10-18-7-5-16/h2-3,8,15-16H,4-7,9-10H2,1H3. The summed E-state index contributed by atoms with van der Waals surface area (Å²) in [5.74, 6) is 5.04. The highest BCUT2D eigenvalue weighted by molar-refractivity contribution is 8.16. The topological polar surface area (TPSA) is 9.23 Å². The molecule has 114 valence electrons. The van der Waals surface area contributed by atoms with Crippen molar-refractivity contribution in [3.05, 3.63) is 18.2 Å².